The molecular weight excluding hydrogens is 416 g/mol. The first-order valence-electron chi connectivity index (χ1n) is 8.63. The van der Waals surface area contributed by atoms with E-state index in [-0.39, 0.29) is 22.6 Å². The summed E-state index contributed by atoms with van der Waals surface area (Å²) in [5.74, 6) is 0.750. The summed E-state index contributed by atoms with van der Waals surface area (Å²) in [4.78, 5) is 23.0. The summed E-state index contributed by atoms with van der Waals surface area (Å²) in [5.41, 5.74) is 1.49. The quantitative estimate of drug-likeness (QED) is 0.652. The Bertz CT molecular complexity index is 1020. The van der Waals surface area contributed by atoms with Gasteiger partial charge in [-0.25, -0.2) is 13.1 Å². The van der Waals surface area contributed by atoms with Crippen molar-refractivity contribution < 1.29 is 27.5 Å². The number of methoxy groups -OCH3 is 2. The number of thioether (sulfide) groups is 1. The van der Waals surface area contributed by atoms with Crippen molar-refractivity contribution in [3.63, 3.8) is 0 Å². The lowest BCUT2D eigenvalue weighted by Gasteiger charge is -2.11. The number of hydrogen-bond donors (Lipinski definition) is 2. The predicted octanol–water partition coefficient (Wildman–Crippen LogP) is 2.08. The Morgan fingerprint density at radius 2 is 1.66 bits per heavy atom. The molecule has 0 unspecified atom stereocenters. The molecule has 3 rings (SSSR count). The molecule has 1 aliphatic rings. The lowest BCUT2D eigenvalue weighted by atomic mass is 10.1. The van der Waals surface area contributed by atoms with Crippen molar-refractivity contribution in [3.05, 3.63) is 53.6 Å². The van der Waals surface area contributed by atoms with Crippen molar-refractivity contribution >= 4 is 32.9 Å². The molecule has 0 aromatic heterocycles. The van der Waals surface area contributed by atoms with E-state index in [2.05, 4.69) is 10.0 Å². The van der Waals surface area contributed by atoms with Gasteiger partial charge in [0.1, 0.15) is 0 Å². The predicted molar refractivity (Wildman–Crippen MR) is 109 cm³/mol. The van der Waals surface area contributed by atoms with Gasteiger partial charge >= 0.3 is 0 Å². The van der Waals surface area contributed by atoms with Crippen LogP contribution in [0.5, 0.6) is 11.5 Å². The smallest absolute Gasteiger partial charge is 0.286 e. The van der Waals surface area contributed by atoms with E-state index in [1.807, 2.05) is 0 Å². The van der Waals surface area contributed by atoms with Crippen molar-refractivity contribution in [1.29, 1.82) is 0 Å². The normalized spacial score (nSPS) is 16.6. The molecule has 8 nitrogen and oxygen atoms in total. The molecule has 2 aromatic rings. The van der Waals surface area contributed by atoms with E-state index in [4.69, 9.17) is 9.47 Å². The summed E-state index contributed by atoms with van der Waals surface area (Å²) < 4.78 is 38.0. The zero-order valence-electron chi connectivity index (χ0n) is 15.8. The van der Waals surface area contributed by atoms with Gasteiger partial charge in [0.05, 0.1) is 24.4 Å². The van der Waals surface area contributed by atoms with Crippen LogP contribution in [0.15, 0.2) is 47.4 Å². The molecule has 0 radical (unpaired) electrons. The minimum Gasteiger partial charge on any atom is -0.493 e. The van der Waals surface area contributed by atoms with Crippen molar-refractivity contribution in [2.45, 2.75) is 23.1 Å². The molecule has 2 N–H and O–H groups in total. The Morgan fingerprint density at radius 3 is 2.24 bits per heavy atom. The second-order valence-electron chi connectivity index (χ2n) is 6.25. The summed E-state index contributed by atoms with van der Waals surface area (Å²) in [6, 6.07) is 11.4. The molecule has 1 aliphatic heterocycles. The van der Waals surface area contributed by atoms with Crippen LogP contribution in [0, 0.1) is 0 Å². The fourth-order valence-corrected chi connectivity index (χ4v) is 4.68. The highest BCUT2D eigenvalue weighted by Crippen LogP contribution is 2.28. The molecule has 1 heterocycles. The number of imide groups is 1. The molecule has 154 valence electrons. The van der Waals surface area contributed by atoms with Gasteiger partial charge in [0.25, 0.3) is 5.24 Å². The monoisotopic (exact) mass is 436 g/mol. The summed E-state index contributed by atoms with van der Waals surface area (Å²) in [6.45, 7) is 0.0887. The number of carbonyl (C=O) groups is 2. The minimum absolute atomic E-state index is 0.0887. The maximum Gasteiger partial charge on any atom is 0.286 e. The van der Waals surface area contributed by atoms with E-state index in [9.17, 15) is 18.0 Å². The third kappa shape index (κ3) is 5.08. The van der Waals surface area contributed by atoms with Crippen LogP contribution in [0.25, 0.3) is 0 Å². The Labute approximate surface area is 173 Å². The van der Waals surface area contributed by atoms with Crippen LogP contribution in [0.3, 0.4) is 0 Å². The van der Waals surface area contributed by atoms with Gasteiger partial charge < -0.3 is 9.47 Å². The zero-order valence-corrected chi connectivity index (χ0v) is 17.4. The van der Waals surface area contributed by atoms with Crippen LogP contribution in [-0.2, 0) is 27.8 Å². The van der Waals surface area contributed by atoms with E-state index in [1.165, 1.54) is 26.4 Å². The highest BCUT2D eigenvalue weighted by Gasteiger charge is 2.31. The molecule has 2 aromatic carbocycles. The largest absolute Gasteiger partial charge is 0.493 e. The van der Waals surface area contributed by atoms with Gasteiger partial charge in [-0.1, -0.05) is 30.0 Å². The number of ether oxygens (including phenoxy) is 2. The Kier molecular flexibility index (Phi) is 6.46. The third-order valence-corrected chi connectivity index (χ3v) is 6.73. The van der Waals surface area contributed by atoms with Crippen molar-refractivity contribution in [2.75, 3.05) is 14.2 Å². The van der Waals surface area contributed by atoms with Gasteiger partial charge in [-0.3, -0.25) is 14.9 Å². The van der Waals surface area contributed by atoms with Gasteiger partial charge in [0, 0.05) is 6.54 Å². The Morgan fingerprint density at radius 1 is 1.00 bits per heavy atom. The average Bonchev–Trinajstić information content (AvgIpc) is 3.03. The number of rotatable bonds is 8. The number of nitrogens with one attached hydrogen (secondary N) is 2. The molecule has 2 amide bonds. The summed E-state index contributed by atoms with van der Waals surface area (Å²) in [6.07, 6.45) is 0.349. The number of sulfonamides is 1. The molecule has 29 heavy (non-hydrogen) atoms. The molecule has 0 spiro atoms. The van der Waals surface area contributed by atoms with E-state index in [0.717, 1.165) is 22.9 Å². The van der Waals surface area contributed by atoms with E-state index in [0.29, 0.717) is 17.9 Å². The van der Waals surface area contributed by atoms with Crippen LogP contribution in [0.2, 0.25) is 0 Å². The lowest BCUT2D eigenvalue weighted by Crippen LogP contribution is -2.25. The molecular formula is C19H20N2O6S2. The second kappa shape index (κ2) is 8.85. The first-order chi connectivity index (χ1) is 13.8. The highest BCUT2D eigenvalue weighted by atomic mass is 32.2. The fraction of sp³-hybridized carbons (Fsp3) is 0.263. The van der Waals surface area contributed by atoms with Gasteiger partial charge in [0.2, 0.25) is 15.9 Å². The van der Waals surface area contributed by atoms with Gasteiger partial charge in [-0.2, -0.15) is 0 Å². The lowest BCUT2D eigenvalue weighted by molar-refractivity contribution is -0.118. The van der Waals surface area contributed by atoms with Crippen molar-refractivity contribution in [2.24, 2.45) is 0 Å². The van der Waals surface area contributed by atoms with E-state index < -0.39 is 15.3 Å². The summed E-state index contributed by atoms with van der Waals surface area (Å²) in [7, 11) is -0.680. The topological polar surface area (TPSA) is 111 Å². The summed E-state index contributed by atoms with van der Waals surface area (Å²) in [5, 5.41) is 1.38. The fourth-order valence-electron chi connectivity index (χ4n) is 2.80. The number of benzene rings is 2. The van der Waals surface area contributed by atoms with E-state index in [1.54, 1.807) is 30.3 Å². The second-order valence-corrected chi connectivity index (χ2v) is 9.19. The standard InChI is InChI=1S/C19H20N2O6S2/c1-26-15-8-5-13(9-16(15)27-2)11-20-29(24,25)14-6-3-12(4-7-14)10-17-18(22)21-19(23)28-17/h3-9,17,20H,10-11H2,1-2H3,(H,21,22,23)/t17-/m0/s1. The van der Waals surface area contributed by atoms with Crippen LogP contribution >= 0.6 is 11.8 Å². The zero-order chi connectivity index (χ0) is 21.0. The van der Waals surface area contributed by atoms with Crippen molar-refractivity contribution in [1.82, 2.24) is 10.0 Å². The highest BCUT2D eigenvalue weighted by molar-refractivity contribution is 8.15. The van der Waals surface area contributed by atoms with Gasteiger partial charge in [-0.15, -0.1) is 0 Å². The molecule has 0 bridgehead atoms. The van der Waals surface area contributed by atoms with Crippen molar-refractivity contribution in [3.8, 4) is 11.5 Å². The number of carbonyl (C=O) groups excluding carboxylic acids is 2. The first-order valence-corrected chi connectivity index (χ1v) is 11.0. The first kappa shape index (κ1) is 21.2. The molecule has 0 saturated carbocycles. The molecule has 1 saturated heterocycles. The van der Waals surface area contributed by atoms with Crippen LogP contribution in [0.1, 0.15) is 11.1 Å². The average molecular weight is 437 g/mol. The maximum atomic E-state index is 12.6. The number of hydrogen-bond acceptors (Lipinski definition) is 7. The maximum absolute atomic E-state index is 12.6. The molecule has 0 aliphatic carbocycles. The third-order valence-electron chi connectivity index (χ3n) is 4.34. The Hall–Kier alpha value is -2.56. The molecule has 10 heteroatoms. The molecule has 1 fully saturated rings. The number of amides is 2. The Balaban J connectivity index is 1.65. The SMILES string of the molecule is COc1ccc(CNS(=O)(=O)c2ccc(C[C@@H]3SC(=O)NC3=O)cc2)cc1OC. The van der Waals surface area contributed by atoms with Crippen LogP contribution in [0.4, 0.5) is 4.79 Å². The summed E-state index contributed by atoms with van der Waals surface area (Å²) >= 11 is 0.940. The van der Waals surface area contributed by atoms with Gasteiger partial charge in [-0.05, 0) is 41.8 Å². The van der Waals surface area contributed by atoms with Gasteiger partial charge in [0.15, 0.2) is 11.5 Å². The minimum atomic E-state index is -3.72. The van der Waals surface area contributed by atoms with Crippen LogP contribution in [-0.4, -0.2) is 39.0 Å². The van der Waals surface area contributed by atoms with Crippen LogP contribution < -0.4 is 19.5 Å². The van der Waals surface area contributed by atoms with E-state index >= 15 is 0 Å². The molecule has 1 atom stereocenters.